The average Bonchev–Trinajstić information content (AvgIpc) is 2.86. The van der Waals surface area contributed by atoms with Crippen LogP contribution in [0.3, 0.4) is 0 Å². The van der Waals surface area contributed by atoms with Crippen molar-refractivity contribution in [2.75, 3.05) is 11.1 Å². The smallest absolute Gasteiger partial charge is 0.276 e. The highest BCUT2D eigenvalue weighted by molar-refractivity contribution is 5.59. The number of aromatic nitrogens is 2. The van der Waals surface area contributed by atoms with Gasteiger partial charge in [-0.3, -0.25) is 4.79 Å². The lowest BCUT2D eigenvalue weighted by molar-refractivity contribution is 0.102. The van der Waals surface area contributed by atoms with Crippen LogP contribution >= 0.6 is 0 Å². The fourth-order valence-corrected chi connectivity index (χ4v) is 2.49. The van der Waals surface area contributed by atoms with E-state index in [4.69, 9.17) is 10.5 Å². The Balaban J connectivity index is 1.80. The van der Waals surface area contributed by atoms with E-state index in [1.165, 1.54) is 6.33 Å². The van der Waals surface area contributed by atoms with Crippen LogP contribution in [-0.4, -0.2) is 28.2 Å². The SMILES string of the molecule is Nc1c(NC2CC3CCC2O3)nc[nH]c1=O. The molecule has 0 spiro atoms. The first-order valence-electron chi connectivity index (χ1n) is 5.49. The maximum Gasteiger partial charge on any atom is 0.276 e. The lowest BCUT2D eigenvalue weighted by Crippen LogP contribution is -2.32. The van der Waals surface area contributed by atoms with E-state index in [-0.39, 0.29) is 23.4 Å². The number of anilines is 2. The Bertz CT molecular complexity index is 458. The van der Waals surface area contributed by atoms with E-state index in [1.54, 1.807) is 0 Å². The zero-order valence-corrected chi connectivity index (χ0v) is 8.77. The van der Waals surface area contributed by atoms with Crippen molar-refractivity contribution in [1.82, 2.24) is 9.97 Å². The second-order valence-corrected chi connectivity index (χ2v) is 4.35. The highest BCUT2D eigenvalue weighted by Gasteiger charge is 2.41. The summed E-state index contributed by atoms with van der Waals surface area (Å²) < 4.78 is 5.71. The molecule has 3 heterocycles. The Hall–Kier alpha value is -1.56. The molecule has 3 rings (SSSR count). The van der Waals surface area contributed by atoms with E-state index in [0.29, 0.717) is 11.9 Å². The molecule has 2 fully saturated rings. The van der Waals surface area contributed by atoms with Crippen molar-refractivity contribution in [3.05, 3.63) is 16.7 Å². The second-order valence-electron chi connectivity index (χ2n) is 4.35. The molecule has 3 unspecified atom stereocenters. The molecule has 1 aromatic rings. The summed E-state index contributed by atoms with van der Waals surface area (Å²) >= 11 is 0. The summed E-state index contributed by atoms with van der Waals surface area (Å²) in [7, 11) is 0. The Kier molecular flexibility index (Phi) is 2.10. The lowest BCUT2D eigenvalue weighted by Gasteiger charge is -2.20. The van der Waals surface area contributed by atoms with Crippen LogP contribution in [0.5, 0.6) is 0 Å². The van der Waals surface area contributed by atoms with Crippen molar-refractivity contribution in [3.63, 3.8) is 0 Å². The van der Waals surface area contributed by atoms with Crippen LogP contribution in [-0.2, 0) is 4.74 Å². The first-order chi connectivity index (χ1) is 7.74. The summed E-state index contributed by atoms with van der Waals surface area (Å²) in [5.74, 6) is 0.463. The number of hydrogen-bond acceptors (Lipinski definition) is 5. The number of fused-ring (bicyclic) bond motifs is 2. The Morgan fingerprint density at radius 1 is 1.56 bits per heavy atom. The molecule has 6 heteroatoms. The van der Waals surface area contributed by atoms with E-state index in [0.717, 1.165) is 19.3 Å². The molecule has 2 saturated heterocycles. The van der Waals surface area contributed by atoms with Crippen molar-refractivity contribution in [2.45, 2.75) is 37.5 Å². The molecule has 1 aromatic heterocycles. The first kappa shape index (κ1) is 9.65. The maximum atomic E-state index is 11.3. The number of rotatable bonds is 2. The van der Waals surface area contributed by atoms with Gasteiger partial charge in [0.05, 0.1) is 24.6 Å². The van der Waals surface area contributed by atoms with Crippen molar-refractivity contribution >= 4 is 11.5 Å². The van der Waals surface area contributed by atoms with E-state index in [9.17, 15) is 4.79 Å². The van der Waals surface area contributed by atoms with Gasteiger partial charge in [-0.1, -0.05) is 0 Å². The standard InChI is InChI=1S/C10H14N4O2/c11-8-9(12-4-13-10(8)15)14-6-3-5-1-2-7(6)16-5/h4-7H,1-3,11H2,(H2,12,13,14,15). The number of nitrogen functional groups attached to an aromatic ring is 1. The molecule has 2 aliphatic rings. The van der Waals surface area contributed by atoms with E-state index < -0.39 is 0 Å². The summed E-state index contributed by atoms with van der Waals surface area (Å²) in [5.41, 5.74) is 5.49. The fraction of sp³-hybridized carbons (Fsp3) is 0.600. The predicted octanol–water partition coefficient (Wildman–Crippen LogP) is 0.0839. The van der Waals surface area contributed by atoms with Gasteiger partial charge in [-0.05, 0) is 19.3 Å². The van der Waals surface area contributed by atoms with E-state index in [2.05, 4.69) is 15.3 Å². The monoisotopic (exact) mass is 222 g/mol. The molecule has 2 bridgehead atoms. The molecule has 4 N–H and O–H groups in total. The average molecular weight is 222 g/mol. The maximum absolute atomic E-state index is 11.3. The number of nitrogens with two attached hydrogens (primary N) is 1. The van der Waals surface area contributed by atoms with Gasteiger partial charge >= 0.3 is 0 Å². The van der Waals surface area contributed by atoms with Crippen LogP contribution in [0.25, 0.3) is 0 Å². The number of nitrogens with zero attached hydrogens (tertiary/aromatic N) is 1. The molecule has 0 saturated carbocycles. The summed E-state index contributed by atoms with van der Waals surface area (Å²) in [6, 6.07) is 0.232. The number of aromatic amines is 1. The first-order valence-corrected chi connectivity index (χ1v) is 5.49. The Labute approximate surface area is 92.2 Å². The molecule has 0 aromatic carbocycles. The van der Waals surface area contributed by atoms with Gasteiger partial charge in [-0.15, -0.1) is 0 Å². The van der Waals surface area contributed by atoms with Crippen LogP contribution in [0.1, 0.15) is 19.3 Å². The zero-order chi connectivity index (χ0) is 11.1. The van der Waals surface area contributed by atoms with Crippen molar-refractivity contribution in [1.29, 1.82) is 0 Å². The number of ether oxygens (including phenoxy) is 1. The van der Waals surface area contributed by atoms with Crippen LogP contribution in [0.2, 0.25) is 0 Å². The van der Waals surface area contributed by atoms with Gasteiger partial charge < -0.3 is 20.8 Å². The number of nitrogens with one attached hydrogen (secondary N) is 2. The molecular formula is C10H14N4O2. The van der Waals surface area contributed by atoms with Gasteiger partial charge in [0.2, 0.25) is 0 Å². The molecule has 0 aliphatic carbocycles. The summed E-state index contributed by atoms with van der Waals surface area (Å²) in [6.07, 6.45) is 5.15. The third-order valence-corrected chi connectivity index (χ3v) is 3.32. The van der Waals surface area contributed by atoms with Crippen LogP contribution in [0.4, 0.5) is 11.5 Å². The molecule has 16 heavy (non-hydrogen) atoms. The quantitative estimate of drug-likeness (QED) is 0.659. The topological polar surface area (TPSA) is 93.0 Å². The molecule has 0 radical (unpaired) electrons. The van der Waals surface area contributed by atoms with Gasteiger partial charge in [-0.25, -0.2) is 4.98 Å². The van der Waals surface area contributed by atoms with Crippen LogP contribution < -0.4 is 16.6 Å². The Morgan fingerprint density at radius 3 is 3.12 bits per heavy atom. The van der Waals surface area contributed by atoms with Gasteiger partial charge in [-0.2, -0.15) is 0 Å². The van der Waals surface area contributed by atoms with E-state index in [1.807, 2.05) is 0 Å². The minimum atomic E-state index is -0.304. The lowest BCUT2D eigenvalue weighted by atomic mass is 9.95. The van der Waals surface area contributed by atoms with Crippen LogP contribution in [0, 0.1) is 0 Å². The van der Waals surface area contributed by atoms with Crippen LogP contribution in [0.15, 0.2) is 11.1 Å². The highest BCUT2D eigenvalue weighted by atomic mass is 16.5. The Morgan fingerprint density at radius 2 is 2.44 bits per heavy atom. The molecule has 0 amide bonds. The molecule has 3 atom stereocenters. The third kappa shape index (κ3) is 1.46. The second kappa shape index (κ2) is 3.48. The minimum Gasteiger partial charge on any atom is -0.391 e. The minimum absolute atomic E-state index is 0.144. The number of H-pyrrole nitrogens is 1. The summed E-state index contributed by atoms with van der Waals surface area (Å²) in [6.45, 7) is 0. The fourth-order valence-electron chi connectivity index (χ4n) is 2.49. The van der Waals surface area contributed by atoms with Crippen molar-refractivity contribution in [2.24, 2.45) is 0 Å². The van der Waals surface area contributed by atoms with Gasteiger partial charge in [0.1, 0.15) is 5.69 Å². The van der Waals surface area contributed by atoms with Gasteiger partial charge in [0, 0.05) is 0 Å². The summed E-state index contributed by atoms with van der Waals surface area (Å²) in [4.78, 5) is 17.8. The van der Waals surface area contributed by atoms with Gasteiger partial charge in [0.15, 0.2) is 5.82 Å². The summed E-state index contributed by atoms with van der Waals surface area (Å²) in [5, 5.41) is 3.20. The highest BCUT2D eigenvalue weighted by Crippen LogP contribution is 2.35. The largest absolute Gasteiger partial charge is 0.391 e. The van der Waals surface area contributed by atoms with Crippen molar-refractivity contribution < 1.29 is 4.74 Å². The predicted molar refractivity (Wildman–Crippen MR) is 59.2 cm³/mol. The van der Waals surface area contributed by atoms with Gasteiger partial charge in [0.25, 0.3) is 5.56 Å². The molecule has 6 nitrogen and oxygen atoms in total. The number of hydrogen-bond donors (Lipinski definition) is 3. The zero-order valence-electron chi connectivity index (χ0n) is 8.77. The van der Waals surface area contributed by atoms with E-state index >= 15 is 0 Å². The molecule has 86 valence electrons. The third-order valence-electron chi connectivity index (χ3n) is 3.32. The molecular weight excluding hydrogens is 208 g/mol. The normalized spacial score (nSPS) is 31.9. The molecule has 2 aliphatic heterocycles. The van der Waals surface area contributed by atoms with Crippen molar-refractivity contribution in [3.8, 4) is 0 Å².